The Labute approximate surface area is 128 Å². The lowest BCUT2D eigenvalue weighted by Gasteiger charge is -2.14. The lowest BCUT2D eigenvalue weighted by molar-refractivity contribution is 0.352. The summed E-state index contributed by atoms with van der Waals surface area (Å²) in [5, 5.41) is 12.5. The topological polar surface area (TPSA) is 54.3 Å². The third kappa shape index (κ3) is 3.39. The van der Waals surface area contributed by atoms with Crippen LogP contribution in [0, 0.1) is 11.3 Å². The molecule has 0 atom stereocenters. The molecule has 0 saturated carbocycles. The first-order valence-corrected chi connectivity index (χ1v) is 6.70. The van der Waals surface area contributed by atoms with Gasteiger partial charge in [-0.2, -0.15) is 5.26 Å². The van der Waals surface area contributed by atoms with E-state index in [1.165, 1.54) is 0 Å². The van der Waals surface area contributed by atoms with E-state index < -0.39 is 0 Å². The minimum atomic E-state index is 0.431. The number of para-hydroxylation sites is 1. The van der Waals surface area contributed by atoms with Gasteiger partial charge in [0.1, 0.15) is 6.07 Å². The Morgan fingerprint density at radius 2 is 2.00 bits per heavy atom. The lowest BCUT2D eigenvalue weighted by atomic mass is 10.1. The third-order valence-corrected chi connectivity index (χ3v) is 3.37. The predicted octanol–water partition coefficient (Wildman–Crippen LogP) is 3.84. The molecular formula is C16H15ClN2O2. The largest absolute Gasteiger partial charge is 0.493 e. The molecule has 0 spiro atoms. The SMILES string of the molecule is COc1cccc(CNc2ccc(C#N)c(Cl)c2)c1OC. The van der Waals surface area contributed by atoms with Crippen LogP contribution in [-0.2, 0) is 6.54 Å². The van der Waals surface area contributed by atoms with Gasteiger partial charge in [-0.15, -0.1) is 0 Å². The van der Waals surface area contributed by atoms with E-state index in [9.17, 15) is 0 Å². The molecule has 0 radical (unpaired) electrons. The van der Waals surface area contributed by atoms with Crippen LogP contribution in [-0.4, -0.2) is 14.2 Å². The average molecular weight is 303 g/mol. The number of nitriles is 1. The molecule has 0 saturated heterocycles. The number of halogens is 1. The molecule has 0 aliphatic carbocycles. The Kier molecular flexibility index (Phi) is 4.91. The zero-order chi connectivity index (χ0) is 15.2. The van der Waals surface area contributed by atoms with Gasteiger partial charge >= 0.3 is 0 Å². The molecule has 0 fully saturated rings. The quantitative estimate of drug-likeness (QED) is 0.911. The molecule has 4 nitrogen and oxygen atoms in total. The Morgan fingerprint density at radius 1 is 1.19 bits per heavy atom. The summed E-state index contributed by atoms with van der Waals surface area (Å²) in [5.74, 6) is 1.39. The van der Waals surface area contributed by atoms with Gasteiger partial charge in [0.15, 0.2) is 11.5 Å². The highest BCUT2D eigenvalue weighted by molar-refractivity contribution is 6.32. The molecule has 0 heterocycles. The number of nitrogens with one attached hydrogen (secondary N) is 1. The van der Waals surface area contributed by atoms with Crippen molar-refractivity contribution in [2.75, 3.05) is 19.5 Å². The maximum absolute atomic E-state index is 8.86. The summed E-state index contributed by atoms with van der Waals surface area (Å²) in [7, 11) is 3.22. The molecule has 2 aromatic carbocycles. The van der Waals surface area contributed by atoms with Crippen molar-refractivity contribution in [1.82, 2.24) is 0 Å². The highest BCUT2D eigenvalue weighted by Crippen LogP contribution is 2.31. The van der Waals surface area contributed by atoms with Crippen LogP contribution in [0.5, 0.6) is 11.5 Å². The molecule has 0 aliphatic heterocycles. The molecule has 0 unspecified atom stereocenters. The highest BCUT2D eigenvalue weighted by Gasteiger charge is 2.09. The Bertz CT molecular complexity index is 680. The number of ether oxygens (including phenoxy) is 2. The van der Waals surface area contributed by atoms with Gasteiger partial charge in [0.2, 0.25) is 0 Å². The van der Waals surface area contributed by atoms with Gasteiger partial charge < -0.3 is 14.8 Å². The van der Waals surface area contributed by atoms with Crippen LogP contribution in [0.15, 0.2) is 36.4 Å². The first-order valence-electron chi connectivity index (χ1n) is 6.33. The fourth-order valence-corrected chi connectivity index (χ4v) is 2.23. The number of rotatable bonds is 5. The second-order valence-corrected chi connectivity index (χ2v) is 4.72. The Morgan fingerprint density at radius 3 is 2.62 bits per heavy atom. The van der Waals surface area contributed by atoms with Crippen molar-refractivity contribution in [3.8, 4) is 17.6 Å². The van der Waals surface area contributed by atoms with Crippen LogP contribution in [0.1, 0.15) is 11.1 Å². The number of hydrogen-bond acceptors (Lipinski definition) is 4. The fraction of sp³-hybridized carbons (Fsp3) is 0.188. The third-order valence-electron chi connectivity index (χ3n) is 3.06. The van der Waals surface area contributed by atoms with Crippen molar-refractivity contribution in [2.24, 2.45) is 0 Å². The van der Waals surface area contributed by atoms with E-state index in [2.05, 4.69) is 5.32 Å². The molecule has 0 amide bonds. The van der Waals surface area contributed by atoms with Gasteiger partial charge in [-0.25, -0.2) is 0 Å². The first kappa shape index (κ1) is 15.0. The van der Waals surface area contributed by atoms with Crippen molar-refractivity contribution in [3.63, 3.8) is 0 Å². The normalized spacial score (nSPS) is 9.81. The standard InChI is InChI=1S/C16H15ClN2O2/c1-20-15-5-3-4-12(16(15)21-2)10-19-13-7-6-11(9-18)14(17)8-13/h3-8,19H,10H2,1-2H3. The number of methoxy groups -OCH3 is 2. The summed E-state index contributed by atoms with van der Waals surface area (Å²) < 4.78 is 10.7. The van der Waals surface area contributed by atoms with Gasteiger partial charge in [0, 0.05) is 17.8 Å². The summed E-state index contributed by atoms with van der Waals surface area (Å²) >= 11 is 6.01. The second kappa shape index (κ2) is 6.87. The summed E-state index contributed by atoms with van der Waals surface area (Å²) in [6, 6.07) is 13.0. The van der Waals surface area contributed by atoms with E-state index in [0.717, 1.165) is 11.3 Å². The van der Waals surface area contributed by atoms with Crippen molar-refractivity contribution < 1.29 is 9.47 Å². The van der Waals surface area contributed by atoms with Gasteiger partial charge in [0.05, 0.1) is 24.8 Å². The van der Waals surface area contributed by atoms with Gasteiger partial charge in [-0.05, 0) is 24.3 Å². The molecule has 108 valence electrons. The average Bonchev–Trinajstić information content (AvgIpc) is 2.52. The molecule has 0 aliphatic rings. The molecular weight excluding hydrogens is 288 g/mol. The van der Waals surface area contributed by atoms with Crippen LogP contribution >= 0.6 is 11.6 Å². The maximum Gasteiger partial charge on any atom is 0.165 e. The van der Waals surface area contributed by atoms with Crippen LogP contribution in [0.4, 0.5) is 5.69 Å². The second-order valence-electron chi connectivity index (χ2n) is 4.31. The monoisotopic (exact) mass is 302 g/mol. The van der Waals surface area contributed by atoms with E-state index in [-0.39, 0.29) is 0 Å². The van der Waals surface area contributed by atoms with E-state index in [4.69, 9.17) is 26.3 Å². The minimum Gasteiger partial charge on any atom is -0.493 e. The first-order chi connectivity index (χ1) is 10.2. The van der Waals surface area contributed by atoms with Gasteiger partial charge in [-0.1, -0.05) is 23.7 Å². The molecule has 5 heteroatoms. The lowest BCUT2D eigenvalue weighted by Crippen LogP contribution is -2.03. The number of anilines is 1. The van der Waals surface area contributed by atoms with Crippen LogP contribution in [0.25, 0.3) is 0 Å². The van der Waals surface area contributed by atoms with Crippen molar-refractivity contribution in [2.45, 2.75) is 6.54 Å². The molecule has 1 N–H and O–H groups in total. The van der Waals surface area contributed by atoms with Gasteiger partial charge in [-0.3, -0.25) is 0 Å². The summed E-state index contributed by atoms with van der Waals surface area (Å²) in [4.78, 5) is 0. The van der Waals surface area contributed by atoms with Crippen LogP contribution in [0.3, 0.4) is 0 Å². The molecule has 0 bridgehead atoms. The Balaban J connectivity index is 2.17. The number of nitrogens with zero attached hydrogens (tertiary/aromatic N) is 1. The van der Waals surface area contributed by atoms with Crippen LogP contribution in [0.2, 0.25) is 5.02 Å². The summed E-state index contributed by atoms with van der Waals surface area (Å²) in [6.07, 6.45) is 0. The molecule has 2 aromatic rings. The molecule has 2 rings (SSSR count). The van der Waals surface area contributed by atoms with Crippen molar-refractivity contribution >= 4 is 17.3 Å². The minimum absolute atomic E-state index is 0.431. The van der Waals surface area contributed by atoms with E-state index in [1.807, 2.05) is 30.3 Å². The van der Waals surface area contributed by atoms with Gasteiger partial charge in [0.25, 0.3) is 0 Å². The number of hydrogen-bond donors (Lipinski definition) is 1. The zero-order valence-corrected chi connectivity index (χ0v) is 12.6. The summed E-state index contributed by atoms with van der Waals surface area (Å²) in [5.41, 5.74) is 2.27. The fourth-order valence-electron chi connectivity index (χ4n) is 2.01. The van der Waals surface area contributed by atoms with E-state index in [0.29, 0.717) is 28.6 Å². The smallest absolute Gasteiger partial charge is 0.165 e. The predicted molar refractivity (Wildman–Crippen MR) is 83.0 cm³/mol. The van der Waals surface area contributed by atoms with E-state index >= 15 is 0 Å². The molecule has 0 aromatic heterocycles. The zero-order valence-electron chi connectivity index (χ0n) is 11.8. The maximum atomic E-state index is 8.86. The van der Waals surface area contributed by atoms with Crippen molar-refractivity contribution in [1.29, 1.82) is 5.26 Å². The highest BCUT2D eigenvalue weighted by atomic mass is 35.5. The van der Waals surface area contributed by atoms with Crippen molar-refractivity contribution in [3.05, 3.63) is 52.5 Å². The number of benzene rings is 2. The summed E-state index contributed by atoms with van der Waals surface area (Å²) in [6.45, 7) is 0.558. The van der Waals surface area contributed by atoms with E-state index in [1.54, 1.807) is 26.4 Å². The Hall–Kier alpha value is -2.38. The van der Waals surface area contributed by atoms with Crippen LogP contribution < -0.4 is 14.8 Å². The molecule has 21 heavy (non-hydrogen) atoms.